The second kappa shape index (κ2) is 13.8. The molecule has 0 aliphatic carbocycles. The molecule has 6 heteroatoms. The van der Waals surface area contributed by atoms with Crippen molar-refractivity contribution >= 4 is 22.8 Å². The van der Waals surface area contributed by atoms with E-state index in [2.05, 4.69) is 77.9 Å². The van der Waals surface area contributed by atoms with Gasteiger partial charge in [0, 0.05) is 42.6 Å². The number of piperidine rings is 2. The fourth-order valence-corrected chi connectivity index (χ4v) is 7.13. The highest BCUT2D eigenvalue weighted by Crippen LogP contribution is 2.34. The minimum Gasteiger partial charge on any atom is -0.371 e. The number of hydrogen-bond acceptors (Lipinski definition) is 5. The lowest BCUT2D eigenvalue weighted by molar-refractivity contribution is 0.132. The Balaban J connectivity index is 1.01. The van der Waals surface area contributed by atoms with Crippen LogP contribution in [0.2, 0.25) is 0 Å². The normalized spacial score (nSPS) is 19.8. The van der Waals surface area contributed by atoms with Crippen molar-refractivity contribution in [1.82, 2.24) is 4.90 Å². The van der Waals surface area contributed by atoms with Crippen LogP contribution < -0.4 is 9.80 Å². The lowest BCUT2D eigenvalue weighted by Gasteiger charge is -2.42. The summed E-state index contributed by atoms with van der Waals surface area (Å²) in [7, 11) is 0. The maximum Gasteiger partial charge on any atom is 0.123 e. The first-order valence-electron chi connectivity index (χ1n) is 16.4. The summed E-state index contributed by atoms with van der Waals surface area (Å²) < 4.78 is 13.3. The highest BCUT2D eigenvalue weighted by molar-refractivity contribution is 6.18. The predicted molar refractivity (Wildman–Crippen MR) is 186 cm³/mol. The van der Waals surface area contributed by atoms with E-state index in [-0.39, 0.29) is 11.5 Å². The molecule has 0 aromatic heterocycles. The molecule has 3 aliphatic rings. The van der Waals surface area contributed by atoms with Gasteiger partial charge in [-0.25, -0.2) is 4.39 Å². The number of anilines is 2. The summed E-state index contributed by atoms with van der Waals surface area (Å²) in [5, 5.41) is 16.9. The second-order valence-corrected chi connectivity index (χ2v) is 12.5. The Bertz CT molecular complexity index is 1560. The molecule has 0 saturated carbocycles. The van der Waals surface area contributed by atoms with Crippen LogP contribution in [-0.4, -0.2) is 48.5 Å². The van der Waals surface area contributed by atoms with Crippen LogP contribution in [-0.2, 0) is 0 Å². The Labute approximate surface area is 267 Å². The number of nitrogens with one attached hydrogen (secondary N) is 2. The highest BCUT2D eigenvalue weighted by Gasteiger charge is 2.29. The van der Waals surface area contributed by atoms with Crippen molar-refractivity contribution in [2.75, 3.05) is 36.0 Å². The fourth-order valence-electron chi connectivity index (χ4n) is 7.13. The number of allylic oxidation sites excluding steroid dienone is 3. The topological polar surface area (TPSA) is 57.4 Å². The van der Waals surface area contributed by atoms with E-state index in [1.807, 2.05) is 11.1 Å². The van der Waals surface area contributed by atoms with Crippen molar-refractivity contribution in [2.24, 2.45) is 0 Å². The van der Waals surface area contributed by atoms with Gasteiger partial charge in [0.2, 0.25) is 0 Å². The molecule has 0 bridgehead atoms. The Kier molecular flexibility index (Phi) is 9.41. The van der Waals surface area contributed by atoms with Crippen LogP contribution in [0.1, 0.15) is 67.6 Å². The quantitative estimate of drug-likeness (QED) is 0.191. The maximum absolute atomic E-state index is 13.3. The first-order chi connectivity index (χ1) is 21.9. The van der Waals surface area contributed by atoms with Crippen molar-refractivity contribution in [2.45, 2.75) is 56.9 Å². The molecule has 3 aliphatic heterocycles. The van der Waals surface area contributed by atoms with E-state index in [1.54, 1.807) is 24.3 Å². The van der Waals surface area contributed by atoms with Crippen LogP contribution in [0.4, 0.5) is 15.8 Å². The summed E-state index contributed by atoms with van der Waals surface area (Å²) in [6.45, 7) is 10.7. The lowest BCUT2D eigenvalue weighted by atomic mass is 9.88. The number of likely N-dealkylation sites (tertiary alicyclic amines) is 1. The van der Waals surface area contributed by atoms with E-state index in [1.165, 1.54) is 54.6 Å². The number of nitrogens with zero attached hydrogens (tertiary/aromatic N) is 3. The Hall–Kier alpha value is -4.29. The molecule has 6 rings (SSSR count). The minimum atomic E-state index is -0.325. The summed E-state index contributed by atoms with van der Waals surface area (Å²) in [6.07, 6.45) is 13.3. The SMILES string of the molecule is C=CC(CC)c1ccc(N2CCC(N3CCC(c4ccc(N5C=CC(=N)/C5=C\C(=N)c5ccc(F)cc5)cc4)CC3)CC2)cc1. The number of rotatable bonds is 9. The van der Waals surface area contributed by atoms with Gasteiger partial charge in [-0.2, -0.15) is 0 Å². The van der Waals surface area contributed by atoms with Crippen LogP contribution in [0.25, 0.3) is 0 Å². The first-order valence-corrected chi connectivity index (χ1v) is 16.4. The largest absolute Gasteiger partial charge is 0.371 e. The molecule has 45 heavy (non-hydrogen) atoms. The zero-order chi connectivity index (χ0) is 31.3. The number of benzene rings is 3. The molecular weight excluding hydrogens is 557 g/mol. The predicted octanol–water partition coefficient (Wildman–Crippen LogP) is 8.66. The molecule has 3 aromatic carbocycles. The van der Waals surface area contributed by atoms with Gasteiger partial charge >= 0.3 is 0 Å². The first kappa shape index (κ1) is 30.7. The van der Waals surface area contributed by atoms with Crippen LogP contribution in [0.15, 0.2) is 110 Å². The zero-order valence-corrected chi connectivity index (χ0v) is 26.3. The smallest absolute Gasteiger partial charge is 0.123 e. The standard InChI is InChI=1S/C39H44FN5/c1-3-28(4-2)29-7-13-34(14-8-29)44-24-19-35(20-25-44)43-22-17-31(18-23-43)30-9-15-36(16-10-30)45-26-21-37(41)39(45)27-38(42)32-5-11-33(40)12-6-32/h3,5-16,21,26-28,31,35,41-42H,1,4,17-20,22-25H2,2H3/b39-27+,41-37?,42-38?. The Morgan fingerprint density at radius 3 is 2.16 bits per heavy atom. The molecule has 2 fully saturated rings. The van der Waals surface area contributed by atoms with Gasteiger partial charge in [-0.3, -0.25) is 5.41 Å². The van der Waals surface area contributed by atoms with Crippen molar-refractivity contribution in [3.05, 3.63) is 132 Å². The summed E-state index contributed by atoms with van der Waals surface area (Å²) in [6, 6.07) is 24.4. The molecule has 1 unspecified atom stereocenters. The monoisotopic (exact) mass is 601 g/mol. The Morgan fingerprint density at radius 1 is 0.889 bits per heavy atom. The summed E-state index contributed by atoms with van der Waals surface area (Å²) >= 11 is 0. The molecule has 1 atom stereocenters. The van der Waals surface area contributed by atoms with Crippen molar-refractivity contribution in [1.29, 1.82) is 10.8 Å². The Morgan fingerprint density at radius 2 is 1.53 bits per heavy atom. The molecule has 2 saturated heterocycles. The molecule has 0 amide bonds. The van der Waals surface area contributed by atoms with E-state index >= 15 is 0 Å². The number of halogens is 1. The van der Waals surface area contributed by atoms with E-state index in [4.69, 9.17) is 10.8 Å². The molecule has 0 radical (unpaired) electrons. The van der Waals surface area contributed by atoms with Gasteiger partial charge < -0.3 is 20.1 Å². The van der Waals surface area contributed by atoms with Gasteiger partial charge in [0.15, 0.2) is 0 Å². The summed E-state index contributed by atoms with van der Waals surface area (Å²) in [4.78, 5) is 7.23. The molecule has 232 valence electrons. The number of hydrogen-bond donors (Lipinski definition) is 2. The average Bonchev–Trinajstić information content (AvgIpc) is 3.45. The van der Waals surface area contributed by atoms with Gasteiger partial charge in [-0.05, 0) is 128 Å². The molecular formula is C39H44FN5. The van der Waals surface area contributed by atoms with E-state index in [0.29, 0.717) is 34.8 Å². The van der Waals surface area contributed by atoms with E-state index < -0.39 is 0 Å². The van der Waals surface area contributed by atoms with E-state index in [0.717, 1.165) is 38.3 Å². The zero-order valence-electron chi connectivity index (χ0n) is 26.3. The molecule has 3 heterocycles. The van der Waals surface area contributed by atoms with Crippen LogP contribution in [0.3, 0.4) is 0 Å². The average molecular weight is 602 g/mol. The van der Waals surface area contributed by atoms with Crippen molar-refractivity contribution in [3.8, 4) is 0 Å². The van der Waals surface area contributed by atoms with Gasteiger partial charge in [0.05, 0.1) is 17.1 Å². The highest BCUT2D eigenvalue weighted by atomic mass is 19.1. The molecule has 5 nitrogen and oxygen atoms in total. The van der Waals surface area contributed by atoms with Gasteiger partial charge in [0.25, 0.3) is 0 Å². The van der Waals surface area contributed by atoms with Crippen LogP contribution >= 0.6 is 0 Å². The second-order valence-electron chi connectivity index (χ2n) is 12.5. The third-order valence-corrected chi connectivity index (χ3v) is 9.93. The van der Waals surface area contributed by atoms with Gasteiger partial charge in [-0.15, -0.1) is 6.58 Å². The minimum absolute atomic E-state index is 0.250. The third-order valence-electron chi connectivity index (χ3n) is 9.93. The summed E-state index contributed by atoms with van der Waals surface area (Å²) in [5.74, 6) is 0.676. The third kappa shape index (κ3) is 6.86. The fraction of sp³-hybridized carbons (Fsp3) is 0.333. The van der Waals surface area contributed by atoms with Crippen molar-refractivity contribution in [3.63, 3.8) is 0 Å². The lowest BCUT2D eigenvalue weighted by Crippen LogP contribution is -2.47. The van der Waals surface area contributed by atoms with Crippen LogP contribution in [0, 0.1) is 16.6 Å². The maximum atomic E-state index is 13.3. The summed E-state index contributed by atoms with van der Waals surface area (Å²) in [5.41, 5.74) is 6.92. The molecule has 2 N–H and O–H groups in total. The molecule has 0 spiro atoms. The van der Waals surface area contributed by atoms with Gasteiger partial charge in [-0.1, -0.05) is 37.3 Å². The van der Waals surface area contributed by atoms with Crippen LogP contribution in [0.5, 0.6) is 0 Å². The molecule has 3 aromatic rings. The van der Waals surface area contributed by atoms with Gasteiger partial charge in [0.1, 0.15) is 5.82 Å². The van der Waals surface area contributed by atoms with Crippen molar-refractivity contribution < 1.29 is 4.39 Å². The van der Waals surface area contributed by atoms with E-state index in [9.17, 15) is 4.39 Å².